The lowest BCUT2D eigenvalue weighted by atomic mass is 9.83. The van der Waals surface area contributed by atoms with E-state index in [1.54, 1.807) is 24.5 Å². The van der Waals surface area contributed by atoms with Crippen LogP contribution < -0.4 is 10.6 Å². The molecule has 2 aromatic rings. The standard InChI is InChI=1S/C21H28N4O3.CH2O2/c1-2-12-28-19-13-15(20(26)24-14-16-6-3-4-10-22-16)8-9-17(19)25-21(27)18-7-5-11-23-18;2-1-3/h3-7,10-11,15,17,19,23H,2,8-9,12-14H2,1H3,(H,24,26)(H,25,27);1H,(H,2,3)/t15-,17+,19+;/m0./s1. The quantitative estimate of drug-likeness (QED) is 0.474. The molecule has 0 saturated heterocycles. The zero-order chi connectivity index (χ0) is 22.5. The average Bonchev–Trinajstić information content (AvgIpc) is 3.33. The third kappa shape index (κ3) is 7.86. The van der Waals surface area contributed by atoms with Gasteiger partial charge >= 0.3 is 0 Å². The number of ether oxygens (including phenoxy) is 1. The van der Waals surface area contributed by atoms with Crippen LogP contribution in [0.2, 0.25) is 0 Å². The molecule has 0 spiro atoms. The number of aromatic amines is 1. The van der Waals surface area contributed by atoms with Crippen molar-refractivity contribution in [2.75, 3.05) is 6.61 Å². The Morgan fingerprint density at radius 2 is 2.10 bits per heavy atom. The molecule has 2 heterocycles. The van der Waals surface area contributed by atoms with Crippen molar-refractivity contribution in [3.05, 3.63) is 54.1 Å². The first kappa shape index (κ1) is 24.1. The highest BCUT2D eigenvalue weighted by atomic mass is 16.5. The maximum Gasteiger partial charge on any atom is 0.290 e. The zero-order valence-corrected chi connectivity index (χ0v) is 17.6. The van der Waals surface area contributed by atoms with Crippen LogP contribution in [-0.2, 0) is 20.9 Å². The molecule has 1 aliphatic rings. The molecule has 0 bridgehead atoms. The molecule has 2 aromatic heterocycles. The Kier molecular flexibility index (Phi) is 10.2. The second-order valence-electron chi connectivity index (χ2n) is 7.23. The third-order valence-electron chi connectivity index (χ3n) is 5.03. The van der Waals surface area contributed by atoms with Crippen molar-refractivity contribution < 1.29 is 24.2 Å². The van der Waals surface area contributed by atoms with Crippen LogP contribution in [0.3, 0.4) is 0 Å². The van der Waals surface area contributed by atoms with Crippen molar-refractivity contribution in [3.8, 4) is 0 Å². The summed E-state index contributed by atoms with van der Waals surface area (Å²) in [5.41, 5.74) is 1.37. The van der Waals surface area contributed by atoms with Gasteiger partial charge < -0.3 is 25.5 Å². The van der Waals surface area contributed by atoms with E-state index in [9.17, 15) is 9.59 Å². The van der Waals surface area contributed by atoms with Crippen LogP contribution in [0.4, 0.5) is 0 Å². The Labute approximate surface area is 181 Å². The van der Waals surface area contributed by atoms with E-state index in [-0.39, 0.29) is 36.4 Å². The molecule has 3 rings (SSSR count). The summed E-state index contributed by atoms with van der Waals surface area (Å²) in [6.45, 7) is 2.83. The van der Waals surface area contributed by atoms with Crippen molar-refractivity contribution in [2.24, 2.45) is 5.92 Å². The largest absolute Gasteiger partial charge is 0.483 e. The molecule has 1 aliphatic carbocycles. The average molecular weight is 431 g/mol. The Balaban J connectivity index is 0.00000107. The maximum atomic E-state index is 12.6. The Morgan fingerprint density at radius 1 is 1.29 bits per heavy atom. The van der Waals surface area contributed by atoms with Crippen LogP contribution in [-0.4, -0.2) is 52.1 Å². The van der Waals surface area contributed by atoms with Gasteiger partial charge in [-0.2, -0.15) is 0 Å². The zero-order valence-electron chi connectivity index (χ0n) is 17.6. The number of amides is 2. The molecule has 0 aliphatic heterocycles. The van der Waals surface area contributed by atoms with Crippen molar-refractivity contribution in [1.82, 2.24) is 20.6 Å². The smallest absolute Gasteiger partial charge is 0.290 e. The normalized spacial score (nSPS) is 20.1. The first-order valence-corrected chi connectivity index (χ1v) is 10.4. The minimum absolute atomic E-state index is 0.0184. The summed E-state index contributed by atoms with van der Waals surface area (Å²) in [6, 6.07) is 9.09. The van der Waals surface area contributed by atoms with Gasteiger partial charge in [-0.1, -0.05) is 13.0 Å². The molecular weight excluding hydrogens is 400 g/mol. The number of nitrogens with one attached hydrogen (secondary N) is 3. The van der Waals surface area contributed by atoms with Crippen LogP contribution in [0.15, 0.2) is 42.7 Å². The monoisotopic (exact) mass is 430 g/mol. The van der Waals surface area contributed by atoms with Crippen LogP contribution in [0, 0.1) is 5.92 Å². The number of carboxylic acid groups (broad SMARTS) is 1. The van der Waals surface area contributed by atoms with Crippen LogP contribution in [0.1, 0.15) is 48.8 Å². The van der Waals surface area contributed by atoms with Crippen LogP contribution in [0.5, 0.6) is 0 Å². The molecular formula is C22H30N4O5. The number of H-pyrrole nitrogens is 1. The van der Waals surface area contributed by atoms with Gasteiger partial charge in [-0.15, -0.1) is 0 Å². The van der Waals surface area contributed by atoms with Gasteiger partial charge in [-0.3, -0.25) is 19.4 Å². The number of nitrogens with zero attached hydrogens (tertiary/aromatic N) is 1. The number of hydrogen-bond donors (Lipinski definition) is 4. The van der Waals surface area contributed by atoms with Gasteiger partial charge in [-0.25, -0.2) is 0 Å². The highest BCUT2D eigenvalue weighted by Crippen LogP contribution is 2.27. The number of hydrogen-bond acceptors (Lipinski definition) is 5. The second-order valence-corrected chi connectivity index (χ2v) is 7.23. The van der Waals surface area contributed by atoms with Crippen molar-refractivity contribution in [3.63, 3.8) is 0 Å². The number of pyridine rings is 1. The maximum absolute atomic E-state index is 12.6. The Bertz CT molecular complexity index is 797. The van der Waals surface area contributed by atoms with Gasteiger partial charge in [0.1, 0.15) is 5.69 Å². The molecule has 168 valence electrons. The van der Waals surface area contributed by atoms with Gasteiger partial charge in [0.15, 0.2) is 0 Å². The predicted octanol–water partition coefficient (Wildman–Crippen LogP) is 2.12. The van der Waals surface area contributed by atoms with Gasteiger partial charge in [0.25, 0.3) is 12.4 Å². The van der Waals surface area contributed by atoms with E-state index in [0.29, 0.717) is 31.7 Å². The predicted molar refractivity (Wildman–Crippen MR) is 114 cm³/mol. The fraction of sp³-hybridized carbons (Fsp3) is 0.455. The van der Waals surface area contributed by atoms with Crippen molar-refractivity contribution in [1.29, 1.82) is 0 Å². The number of carbonyl (C=O) groups excluding carboxylic acids is 2. The highest BCUT2D eigenvalue weighted by Gasteiger charge is 2.35. The van der Waals surface area contributed by atoms with Crippen LogP contribution in [0.25, 0.3) is 0 Å². The molecule has 0 aromatic carbocycles. The van der Waals surface area contributed by atoms with E-state index in [0.717, 1.165) is 18.5 Å². The Hall–Kier alpha value is -3.20. The van der Waals surface area contributed by atoms with Gasteiger partial charge in [-0.05, 0) is 49.9 Å². The first-order valence-electron chi connectivity index (χ1n) is 10.4. The summed E-state index contributed by atoms with van der Waals surface area (Å²) in [4.78, 5) is 40.5. The lowest BCUT2D eigenvalue weighted by molar-refractivity contribution is -0.128. The fourth-order valence-corrected chi connectivity index (χ4v) is 3.53. The lowest BCUT2D eigenvalue weighted by Crippen LogP contribution is -2.50. The molecule has 0 radical (unpaired) electrons. The number of aromatic nitrogens is 2. The lowest BCUT2D eigenvalue weighted by Gasteiger charge is -2.35. The second kappa shape index (κ2) is 13.2. The minimum atomic E-state index is -0.250. The molecule has 31 heavy (non-hydrogen) atoms. The van der Waals surface area contributed by atoms with Gasteiger partial charge in [0.2, 0.25) is 5.91 Å². The summed E-state index contributed by atoms with van der Waals surface area (Å²) in [6.07, 6.45) is 6.20. The summed E-state index contributed by atoms with van der Waals surface area (Å²) < 4.78 is 5.99. The topological polar surface area (TPSA) is 133 Å². The molecule has 4 N–H and O–H groups in total. The number of rotatable bonds is 8. The first-order chi connectivity index (χ1) is 15.1. The van der Waals surface area contributed by atoms with E-state index in [1.165, 1.54) is 0 Å². The molecule has 9 heteroatoms. The molecule has 0 unspecified atom stereocenters. The summed E-state index contributed by atoms with van der Waals surface area (Å²) in [5.74, 6) is -0.243. The van der Waals surface area contributed by atoms with Gasteiger partial charge in [0, 0.05) is 24.9 Å². The molecule has 1 fully saturated rings. The van der Waals surface area contributed by atoms with E-state index in [2.05, 4.69) is 20.6 Å². The molecule has 2 amide bonds. The fourth-order valence-electron chi connectivity index (χ4n) is 3.53. The SMILES string of the molecule is CCCO[C@@H]1C[C@@H](C(=O)NCc2ccccn2)CC[C@H]1NC(=O)c1ccc[nH]1.O=CO. The number of carbonyl (C=O) groups is 3. The summed E-state index contributed by atoms with van der Waals surface area (Å²) in [7, 11) is 0. The van der Waals surface area contributed by atoms with E-state index in [1.807, 2.05) is 25.1 Å². The van der Waals surface area contributed by atoms with E-state index < -0.39 is 0 Å². The van der Waals surface area contributed by atoms with Crippen molar-refractivity contribution >= 4 is 18.3 Å². The van der Waals surface area contributed by atoms with Crippen molar-refractivity contribution in [2.45, 2.75) is 51.3 Å². The third-order valence-corrected chi connectivity index (χ3v) is 5.03. The molecule has 9 nitrogen and oxygen atoms in total. The van der Waals surface area contributed by atoms with E-state index in [4.69, 9.17) is 14.6 Å². The minimum Gasteiger partial charge on any atom is -0.483 e. The molecule has 3 atom stereocenters. The highest BCUT2D eigenvalue weighted by molar-refractivity contribution is 5.92. The summed E-state index contributed by atoms with van der Waals surface area (Å²) in [5, 5.41) is 12.9. The van der Waals surface area contributed by atoms with Gasteiger partial charge in [0.05, 0.1) is 24.4 Å². The Morgan fingerprint density at radius 3 is 2.74 bits per heavy atom. The summed E-state index contributed by atoms with van der Waals surface area (Å²) >= 11 is 0. The molecule has 1 saturated carbocycles. The van der Waals surface area contributed by atoms with E-state index >= 15 is 0 Å². The van der Waals surface area contributed by atoms with Crippen LogP contribution >= 0.6 is 0 Å².